The van der Waals surface area contributed by atoms with E-state index in [0.29, 0.717) is 11.6 Å². The van der Waals surface area contributed by atoms with E-state index in [1.165, 1.54) is 0 Å². The molecule has 5 nitrogen and oxygen atoms in total. The van der Waals surface area contributed by atoms with Crippen LogP contribution in [0.15, 0.2) is 47.4 Å². The molecule has 0 heterocycles. The molecule has 0 unspecified atom stereocenters. The quantitative estimate of drug-likeness (QED) is 0.775. The molecule has 2 rings (SSSR count). The monoisotopic (exact) mass is 380 g/mol. The first-order chi connectivity index (χ1) is 11.8. The Kier molecular flexibility index (Phi) is 6.58. The van der Waals surface area contributed by atoms with Crippen LogP contribution in [-0.2, 0) is 21.4 Å². The number of hydrogen-bond acceptors (Lipinski definition) is 3. The Morgan fingerprint density at radius 2 is 1.80 bits per heavy atom. The molecule has 2 N–H and O–H groups in total. The SMILES string of the molecule is Cc1ccc(S(=O)(=O)NCCC(=O)NCc2ccccc2Cl)cc1C. The summed E-state index contributed by atoms with van der Waals surface area (Å²) in [5.74, 6) is -0.247. The largest absolute Gasteiger partial charge is 0.352 e. The van der Waals surface area contributed by atoms with Crippen LogP contribution in [0.4, 0.5) is 0 Å². The Morgan fingerprint density at radius 3 is 2.48 bits per heavy atom. The first kappa shape index (κ1) is 19.4. The van der Waals surface area contributed by atoms with Crippen LogP contribution in [0, 0.1) is 13.8 Å². The lowest BCUT2D eigenvalue weighted by Gasteiger charge is -2.09. The zero-order valence-electron chi connectivity index (χ0n) is 14.2. The van der Waals surface area contributed by atoms with Gasteiger partial charge in [-0.3, -0.25) is 4.79 Å². The van der Waals surface area contributed by atoms with Gasteiger partial charge in [0.25, 0.3) is 0 Å². The van der Waals surface area contributed by atoms with E-state index in [-0.39, 0.29) is 23.8 Å². The Morgan fingerprint density at radius 1 is 1.08 bits per heavy atom. The molecule has 25 heavy (non-hydrogen) atoms. The average Bonchev–Trinajstić information content (AvgIpc) is 2.56. The Bertz CT molecular complexity index is 866. The van der Waals surface area contributed by atoms with Crippen LogP contribution in [0.3, 0.4) is 0 Å². The predicted molar refractivity (Wildman–Crippen MR) is 99.0 cm³/mol. The fourth-order valence-electron chi connectivity index (χ4n) is 2.19. The van der Waals surface area contributed by atoms with Crippen molar-refractivity contribution in [2.24, 2.45) is 0 Å². The van der Waals surface area contributed by atoms with Crippen molar-refractivity contribution in [2.75, 3.05) is 6.54 Å². The molecule has 134 valence electrons. The van der Waals surface area contributed by atoms with Crippen LogP contribution in [0.1, 0.15) is 23.1 Å². The molecule has 0 aliphatic carbocycles. The van der Waals surface area contributed by atoms with Crippen molar-refractivity contribution in [3.8, 4) is 0 Å². The van der Waals surface area contributed by atoms with Gasteiger partial charge in [0, 0.05) is 24.5 Å². The number of benzene rings is 2. The number of sulfonamides is 1. The van der Waals surface area contributed by atoms with Gasteiger partial charge in [-0.1, -0.05) is 35.9 Å². The van der Waals surface area contributed by atoms with E-state index >= 15 is 0 Å². The van der Waals surface area contributed by atoms with Crippen LogP contribution in [-0.4, -0.2) is 20.9 Å². The minimum Gasteiger partial charge on any atom is -0.352 e. The van der Waals surface area contributed by atoms with E-state index in [0.717, 1.165) is 16.7 Å². The molecule has 0 radical (unpaired) electrons. The second-order valence-corrected chi connectivity index (χ2v) is 7.94. The van der Waals surface area contributed by atoms with Crippen LogP contribution in [0.5, 0.6) is 0 Å². The van der Waals surface area contributed by atoms with Crippen molar-refractivity contribution < 1.29 is 13.2 Å². The summed E-state index contributed by atoms with van der Waals surface area (Å²) in [6.45, 7) is 4.12. The smallest absolute Gasteiger partial charge is 0.240 e. The molecular formula is C18H21ClN2O3S. The van der Waals surface area contributed by atoms with Gasteiger partial charge in [0.05, 0.1) is 4.90 Å². The van der Waals surface area contributed by atoms with Gasteiger partial charge in [-0.15, -0.1) is 0 Å². The average molecular weight is 381 g/mol. The number of carbonyl (C=O) groups excluding carboxylic acids is 1. The van der Waals surface area contributed by atoms with Crippen molar-refractivity contribution in [1.29, 1.82) is 0 Å². The predicted octanol–water partition coefficient (Wildman–Crippen LogP) is 2.94. The number of carbonyl (C=O) groups is 1. The second kappa shape index (κ2) is 8.47. The van der Waals surface area contributed by atoms with Gasteiger partial charge in [-0.05, 0) is 48.7 Å². The summed E-state index contributed by atoms with van der Waals surface area (Å²) in [6.07, 6.45) is 0.0501. The molecule has 0 atom stereocenters. The van der Waals surface area contributed by atoms with E-state index in [2.05, 4.69) is 10.0 Å². The van der Waals surface area contributed by atoms with E-state index in [9.17, 15) is 13.2 Å². The third-order valence-corrected chi connectivity index (χ3v) is 5.69. The Labute approximate surface area is 153 Å². The van der Waals surface area contributed by atoms with Crippen LogP contribution >= 0.6 is 11.6 Å². The Balaban J connectivity index is 1.84. The maximum Gasteiger partial charge on any atom is 0.240 e. The highest BCUT2D eigenvalue weighted by atomic mass is 35.5. The molecule has 0 spiro atoms. The molecule has 0 saturated carbocycles. The van der Waals surface area contributed by atoms with Crippen molar-refractivity contribution in [3.63, 3.8) is 0 Å². The van der Waals surface area contributed by atoms with Crippen molar-refractivity contribution in [3.05, 3.63) is 64.2 Å². The number of aryl methyl sites for hydroxylation is 2. The molecule has 0 aliphatic rings. The fraction of sp³-hybridized carbons (Fsp3) is 0.278. The van der Waals surface area contributed by atoms with Crippen LogP contribution < -0.4 is 10.0 Å². The molecule has 0 fully saturated rings. The topological polar surface area (TPSA) is 75.3 Å². The van der Waals surface area contributed by atoms with Crippen molar-refractivity contribution in [1.82, 2.24) is 10.0 Å². The molecule has 0 aliphatic heterocycles. The molecular weight excluding hydrogens is 360 g/mol. The lowest BCUT2D eigenvalue weighted by Crippen LogP contribution is -2.30. The van der Waals surface area contributed by atoms with Crippen molar-refractivity contribution >= 4 is 27.5 Å². The van der Waals surface area contributed by atoms with Gasteiger partial charge in [0.15, 0.2) is 0 Å². The zero-order valence-corrected chi connectivity index (χ0v) is 15.7. The van der Waals surface area contributed by atoms with E-state index in [1.807, 2.05) is 32.0 Å². The molecule has 7 heteroatoms. The fourth-order valence-corrected chi connectivity index (χ4v) is 3.51. The highest BCUT2D eigenvalue weighted by molar-refractivity contribution is 7.89. The summed E-state index contributed by atoms with van der Waals surface area (Å²) < 4.78 is 26.9. The lowest BCUT2D eigenvalue weighted by atomic mass is 10.1. The zero-order chi connectivity index (χ0) is 18.4. The van der Waals surface area contributed by atoms with Gasteiger partial charge in [0.2, 0.25) is 15.9 Å². The van der Waals surface area contributed by atoms with Gasteiger partial charge >= 0.3 is 0 Å². The third kappa shape index (κ3) is 5.56. The van der Waals surface area contributed by atoms with Gasteiger partial charge in [-0.25, -0.2) is 13.1 Å². The molecule has 0 bridgehead atoms. The number of nitrogens with one attached hydrogen (secondary N) is 2. The first-order valence-corrected chi connectivity index (χ1v) is 9.73. The highest BCUT2D eigenvalue weighted by Gasteiger charge is 2.14. The lowest BCUT2D eigenvalue weighted by molar-refractivity contribution is -0.121. The summed E-state index contributed by atoms with van der Waals surface area (Å²) >= 11 is 6.02. The van der Waals surface area contributed by atoms with E-state index in [4.69, 9.17) is 11.6 Å². The third-order valence-electron chi connectivity index (χ3n) is 3.87. The standard InChI is InChI=1S/C18H21ClN2O3S/c1-13-7-8-16(11-14(13)2)25(23,24)21-10-9-18(22)20-12-15-5-3-4-6-17(15)19/h3-8,11,21H,9-10,12H2,1-2H3,(H,20,22). The molecule has 2 aromatic carbocycles. The summed E-state index contributed by atoms with van der Waals surface area (Å²) in [5, 5.41) is 3.31. The summed E-state index contributed by atoms with van der Waals surface area (Å²) in [4.78, 5) is 12.1. The van der Waals surface area contributed by atoms with Crippen LogP contribution in [0.25, 0.3) is 0 Å². The molecule has 1 amide bonds. The van der Waals surface area contributed by atoms with Gasteiger partial charge < -0.3 is 5.32 Å². The summed E-state index contributed by atoms with van der Waals surface area (Å²) in [7, 11) is -3.62. The van der Waals surface area contributed by atoms with E-state index in [1.54, 1.807) is 24.3 Å². The first-order valence-electron chi connectivity index (χ1n) is 7.86. The molecule has 0 aromatic heterocycles. The number of hydrogen-bond donors (Lipinski definition) is 2. The minimum atomic E-state index is -3.62. The normalized spacial score (nSPS) is 11.3. The summed E-state index contributed by atoms with van der Waals surface area (Å²) in [6, 6.07) is 12.2. The maximum atomic E-state index is 12.2. The molecule has 2 aromatic rings. The van der Waals surface area contributed by atoms with Gasteiger partial charge in [0.1, 0.15) is 0 Å². The number of amides is 1. The summed E-state index contributed by atoms with van der Waals surface area (Å²) in [5.41, 5.74) is 2.74. The maximum absolute atomic E-state index is 12.2. The second-order valence-electron chi connectivity index (χ2n) is 5.76. The van der Waals surface area contributed by atoms with E-state index < -0.39 is 10.0 Å². The molecule has 0 saturated heterocycles. The Hall–Kier alpha value is -1.89. The van der Waals surface area contributed by atoms with Crippen molar-refractivity contribution in [2.45, 2.75) is 31.7 Å². The van der Waals surface area contributed by atoms with Crippen LogP contribution in [0.2, 0.25) is 5.02 Å². The van der Waals surface area contributed by atoms with Gasteiger partial charge in [-0.2, -0.15) is 0 Å². The minimum absolute atomic E-state index is 0.0314. The number of rotatable bonds is 7. The highest BCUT2D eigenvalue weighted by Crippen LogP contribution is 2.15. The number of halogens is 1.